The van der Waals surface area contributed by atoms with Crippen LogP contribution in [0.2, 0.25) is 0 Å². The van der Waals surface area contributed by atoms with E-state index >= 15 is 0 Å². The number of amides is 1. The molecule has 3 rings (SSSR count). The van der Waals surface area contributed by atoms with Gasteiger partial charge in [-0.3, -0.25) is 4.79 Å². The number of thioether (sulfide) groups is 1. The highest BCUT2D eigenvalue weighted by molar-refractivity contribution is 7.98. The van der Waals surface area contributed by atoms with E-state index < -0.39 is 0 Å². The lowest BCUT2D eigenvalue weighted by Crippen LogP contribution is -2.09. The summed E-state index contributed by atoms with van der Waals surface area (Å²) in [6.07, 6.45) is 1.07. The standard InChI is InChI=1S/C14H13NO2S2/c16-11-3-1-10(2-4-11)15-14(17)13-7-9-8-18-6-5-12(9)19-13/h1-4,7,16H,5-6,8H2,(H,15,17). The molecule has 0 bridgehead atoms. The number of phenols is 1. The van der Waals surface area contributed by atoms with Crippen LogP contribution in [0.1, 0.15) is 20.1 Å². The molecule has 3 nitrogen and oxygen atoms in total. The maximum absolute atomic E-state index is 12.1. The zero-order valence-corrected chi connectivity index (χ0v) is 11.8. The first kappa shape index (κ1) is 12.6. The molecule has 2 N–H and O–H groups in total. The Morgan fingerprint density at radius 2 is 2.05 bits per heavy atom. The van der Waals surface area contributed by atoms with Gasteiger partial charge in [-0.1, -0.05) is 0 Å². The molecule has 0 fully saturated rings. The van der Waals surface area contributed by atoms with Gasteiger partial charge >= 0.3 is 0 Å². The van der Waals surface area contributed by atoms with E-state index in [0.29, 0.717) is 5.69 Å². The topological polar surface area (TPSA) is 49.3 Å². The highest BCUT2D eigenvalue weighted by atomic mass is 32.2. The molecular weight excluding hydrogens is 278 g/mol. The Morgan fingerprint density at radius 1 is 1.26 bits per heavy atom. The van der Waals surface area contributed by atoms with Crippen molar-refractivity contribution in [1.29, 1.82) is 0 Å². The molecule has 19 heavy (non-hydrogen) atoms. The Hall–Kier alpha value is -1.46. The Bertz CT molecular complexity index is 581. The predicted molar refractivity (Wildman–Crippen MR) is 80.2 cm³/mol. The highest BCUT2D eigenvalue weighted by Gasteiger charge is 2.17. The molecular formula is C14H13NO2S2. The van der Waals surface area contributed by atoms with E-state index in [1.54, 1.807) is 35.6 Å². The summed E-state index contributed by atoms with van der Waals surface area (Å²) < 4.78 is 0. The third kappa shape index (κ3) is 2.77. The van der Waals surface area contributed by atoms with Crippen molar-refractivity contribution in [3.63, 3.8) is 0 Å². The monoisotopic (exact) mass is 291 g/mol. The average Bonchev–Trinajstić information content (AvgIpc) is 2.85. The first-order valence-corrected chi connectivity index (χ1v) is 7.99. The van der Waals surface area contributed by atoms with Crippen LogP contribution in [0, 0.1) is 0 Å². The van der Waals surface area contributed by atoms with Gasteiger partial charge in [-0.15, -0.1) is 11.3 Å². The fourth-order valence-corrected chi connectivity index (χ4v) is 4.26. The summed E-state index contributed by atoms with van der Waals surface area (Å²) in [5.74, 6) is 2.28. The summed E-state index contributed by atoms with van der Waals surface area (Å²) in [6, 6.07) is 8.51. The van der Waals surface area contributed by atoms with Crippen molar-refractivity contribution < 1.29 is 9.90 Å². The minimum atomic E-state index is -0.0740. The fraction of sp³-hybridized carbons (Fsp3) is 0.214. The number of carbonyl (C=O) groups excluding carboxylic acids is 1. The summed E-state index contributed by atoms with van der Waals surface area (Å²) >= 11 is 3.51. The smallest absolute Gasteiger partial charge is 0.265 e. The van der Waals surface area contributed by atoms with Gasteiger partial charge in [-0.05, 0) is 48.1 Å². The minimum Gasteiger partial charge on any atom is -0.508 e. The van der Waals surface area contributed by atoms with E-state index in [4.69, 9.17) is 0 Å². The highest BCUT2D eigenvalue weighted by Crippen LogP contribution is 2.32. The number of carbonyl (C=O) groups is 1. The molecule has 2 heterocycles. The number of anilines is 1. The van der Waals surface area contributed by atoms with Gasteiger partial charge in [0.1, 0.15) is 5.75 Å². The number of benzene rings is 1. The Balaban J connectivity index is 1.76. The van der Waals surface area contributed by atoms with Crippen LogP contribution >= 0.6 is 23.1 Å². The van der Waals surface area contributed by atoms with Gasteiger partial charge in [0.2, 0.25) is 0 Å². The number of thiophene rings is 1. The number of aryl methyl sites for hydroxylation is 1. The third-order valence-corrected chi connectivity index (χ3v) is 5.22. The van der Waals surface area contributed by atoms with E-state index in [1.165, 1.54) is 10.4 Å². The summed E-state index contributed by atoms with van der Waals surface area (Å²) in [4.78, 5) is 14.3. The number of phenolic OH excluding ortho intramolecular Hbond substituents is 1. The van der Waals surface area contributed by atoms with Gasteiger partial charge in [0.05, 0.1) is 4.88 Å². The largest absolute Gasteiger partial charge is 0.508 e. The molecule has 0 aliphatic carbocycles. The molecule has 1 aromatic heterocycles. The number of hydrogen-bond donors (Lipinski definition) is 2. The van der Waals surface area contributed by atoms with Gasteiger partial charge in [-0.2, -0.15) is 11.8 Å². The van der Waals surface area contributed by atoms with Gasteiger partial charge in [0.25, 0.3) is 5.91 Å². The van der Waals surface area contributed by atoms with Gasteiger partial charge in [0.15, 0.2) is 0 Å². The summed E-state index contributed by atoms with van der Waals surface area (Å²) in [6.45, 7) is 0. The maximum atomic E-state index is 12.1. The van der Waals surface area contributed by atoms with Crippen molar-refractivity contribution in [2.75, 3.05) is 11.1 Å². The van der Waals surface area contributed by atoms with Crippen molar-refractivity contribution >= 4 is 34.7 Å². The van der Waals surface area contributed by atoms with Crippen LogP contribution in [0.5, 0.6) is 5.75 Å². The lowest BCUT2D eigenvalue weighted by atomic mass is 10.2. The van der Waals surface area contributed by atoms with Crippen LogP contribution in [-0.4, -0.2) is 16.8 Å². The normalized spacial score (nSPS) is 13.9. The summed E-state index contributed by atoms with van der Waals surface area (Å²) in [7, 11) is 0. The maximum Gasteiger partial charge on any atom is 0.265 e. The van der Waals surface area contributed by atoms with Gasteiger partial charge < -0.3 is 10.4 Å². The molecule has 1 aromatic carbocycles. The van der Waals surface area contributed by atoms with Crippen LogP contribution in [0.15, 0.2) is 30.3 Å². The first-order valence-electron chi connectivity index (χ1n) is 6.02. The number of aromatic hydroxyl groups is 1. The number of hydrogen-bond acceptors (Lipinski definition) is 4. The quantitative estimate of drug-likeness (QED) is 0.833. The van der Waals surface area contributed by atoms with Crippen LogP contribution in [0.4, 0.5) is 5.69 Å². The first-order chi connectivity index (χ1) is 9.22. The third-order valence-electron chi connectivity index (χ3n) is 2.98. The molecule has 0 spiro atoms. The Kier molecular flexibility index (Phi) is 3.48. The molecule has 0 radical (unpaired) electrons. The molecule has 98 valence electrons. The minimum absolute atomic E-state index is 0.0740. The van der Waals surface area contributed by atoms with E-state index in [-0.39, 0.29) is 11.7 Å². The second kappa shape index (κ2) is 5.27. The predicted octanol–water partition coefficient (Wildman–Crippen LogP) is 3.50. The van der Waals surface area contributed by atoms with Crippen molar-refractivity contribution in [3.05, 3.63) is 45.6 Å². The van der Waals surface area contributed by atoms with Gasteiger partial charge in [0, 0.05) is 16.3 Å². The molecule has 1 aliphatic heterocycles. The van der Waals surface area contributed by atoms with Crippen molar-refractivity contribution in [3.8, 4) is 5.75 Å². The van der Waals surface area contributed by atoms with Crippen LogP contribution in [0.25, 0.3) is 0 Å². The number of nitrogens with one attached hydrogen (secondary N) is 1. The molecule has 2 aromatic rings. The van der Waals surface area contributed by atoms with E-state index in [9.17, 15) is 9.90 Å². The molecule has 0 atom stereocenters. The summed E-state index contributed by atoms with van der Waals surface area (Å²) in [5, 5.41) is 12.1. The second-order valence-electron chi connectivity index (χ2n) is 4.36. The van der Waals surface area contributed by atoms with Crippen molar-refractivity contribution in [2.24, 2.45) is 0 Å². The second-order valence-corrected chi connectivity index (χ2v) is 6.60. The van der Waals surface area contributed by atoms with Crippen molar-refractivity contribution in [1.82, 2.24) is 0 Å². The molecule has 1 aliphatic rings. The zero-order chi connectivity index (χ0) is 13.2. The lowest BCUT2D eigenvalue weighted by Gasteiger charge is -2.08. The summed E-state index contributed by atoms with van der Waals surface area (Å²) in [5.41, 5.74) is 2.00. The van der Waals surface area contributed by atoms with Gasteiger partial charge in [-0.25, -0.2) is 0 Å². The Labute approximate surface area is 119 Å². The molecule has 0 saturated carbocycles. The number of rotatable bonds is 2. The molecule has 0 saturated heterocycles. The Morgan fingerprint density at radius 3 is 2.79 bits per heavy atom. The van der Waals surface area contributed by atoms with E-state index in [0.717, 1.165) is 22.8 Å². The fourth-order valence-electron chi connectivity index (χ4n) is 2.00. The number of fused-ring (bicyclic) bond motifs is 1. The lowest BCUT2D eigenvalue weighted by molar-refractivity contribution is 0.103. The average molecular weight is 291 g/mol. The molecule has 5 heteroatoms. The molecule has 0 unspecified atom stereocenters. The van der Waals surface area contributed by atoms with Crippen LogP contribution in [-0.2, 0) is 12.2 Å². The van der Waals surface area contributed by atoms with Crippen LogP contribution in [0.3, 0.4) is 0 Å². The van der Waals surface area contributed by atoms with E-state index in [2.05, 4.69) is 5.32 Å². The van der Waals surface area contributed by atoms with Crippen molar-refractivity contribution in [2.45, 2.75) is 12.2 Å². The SMILES string of the molecule is O=C(Nc1ccc(O)cc1)c1cc2c(s1)CCSC2. The van der Waals surface area contributed by atoms with E-state index in [1.807, 2.05) is 17.8 Å². The molecule has 1 amide bonds. The zero-order valence-electron chi connectivity index (χ0n) is 10.2. The van der Waals surface area contributed by atoms with Crippen LogP contribution < -0.4 is 5.32 Å².